The Labute approximate surface area is 233 Å². The topological polar surface area (TPSA) is 97.3 Å². The van der Waals surface area contributed by atoms with Crippen molar-refractivity contribution in [1.82, 2.24) is 21.0 Å². The minimum absolute atomic E-state index is 0.0659. The van der Waals surface area contributed by atoms with E-state index in [9.17, 15) is 11.0 Å². The number of fused-ring (bicyclic) bond motifs is 1. The molecular weight excluding hydrogens is 517 g/mol. The van der Waals surface area contributed by atoms with E-state index in [0.29, 0.717) is 63.4 Å². The van der Waals surface area contributed by atoms with E-state index >= 15 is 0 Å². The Bertz CT molecular complexity index is 1520. The number of nitrogens with one attached hydrogen (secondary N) is 4. The number of rotatable bonds is 7. The molecule has 4 N–H and O–H groups in total. The Balaban J connectivity index is 1.43. The molecule has 10 heteroatoms. The number of halogens is 2. The summed E-state index contributed by atoms with van der Waals surface area (Å²) >= 11 is 6.76. The summed E-state index contributed by atoms with van der Waals surface area (Å²) in [6.07, 6.45) is 6.34. The predicted molar refractivity (Wildman–Crippen MR) is 150 cm³/mol. The lowest BCUT2D eigenvalue weighted by Crippen LogP contribution is -2.44. The molecule has 1 saturated carbocycles. The van der Waals surface area contributed by atoms with E-state index in [1.807, 2.05) is 17.3 Å². The van der Waals surface area contributed by atoms with E-state index in [4.69, 9.17) is 16.3 Å². The van der Waals surface area contributed by atoms with Gasteiger partial charge in [0.25, 0.3) is 0 Å². The minimum Gasteiger partial charge on any atom is -0.381 e. The Kier molecular flexibility index (Phi) is 6.39. The van der Waals surface area contributed by atoms with Crippen LogP contribution in [0.25, 0.3) is 10.9 Å². The number of nitrogens with zero attached hydrogens (tertiary/aromatic N) is 3. The molecule has 0 amide bonds. The second kappa shape index (κ2) is 10.2. The van der Waals surface area contributed by atoms with Gasteiger partial charge in [0.2, 0.25) is 0 Å². The number of hydrogen-bond donors (Lipinski definition) is 4. The SMILES string of the molecule is [2H][C@](Nc1cc(Cl)c2ncc(C#N)c(N[C@@H]3CCOCC3(C)C)c2c1)(C1=CN(C2CC2)NN1)c1ccc(F)cc1. The predicted octanol–water partition coefficient (Wildman–Crippen LogP) is 5.61. The molecule has 39 heavy (non-hydrogen) atoms. The van der Waals surface area contributed by atoms with Crippen molar-refractivity contribution < 1.29 is 10.5 Å². The van der Waals surface area contributed by atoms with Crippen LogP contribution in [0.5, 0.6) is 0 Å². The first-order chi connectivity index (χ1) is 19.2. The van der Waals surface area contributed by atoms with Crippen molar-refractivity contribution in [2.24, 2.45) is 5.41 Å². The summed E-state index contributed by atoms with van der Waals surface area (Å²) in [4.78, 5) is 4.48. The highest BCUT2D eigenvalue weighted by Crippen LogP contribution is 2.39. The maximum absolute atomic E-state index is 13.8. The van der Waals surface area contributed by atoms with E-state index in [1.165, 1.54) is 18.3 Å². The zero-order valence-electron chi connectivity index (χ0n) is 22.8. The van der Waals surface area contributed by atoms with Crippen LogP contribution in [-0.4, -0.2) is 35.3 Å². The van der Waals surface area contributed by atoms with Crippen LogP contribution in [0.15, 0.2) is 54.5 Å². The fourth-order valence-electron chi connectivity index (χ4n) is 5.10. The molecule has 8 nitrogen and oxygen atoms in total. The van der Waals surface area contributed by atoms with Crippen molar-refractivity contribution in [3.63, 3.8) is 0 Å². The first-order valence-corrected chi connectivity index (χ1v) is 13.5. The number of pyridine rings is 1. The zero-order chi connectivity index (χ0) is 28.1. The standard InChI is InChI=1S/C29H31ClFN7O/c1-29(2)16-39-10-9-25(29)35-26-18(13-32)14-33-28-22(26)11-20(12-23(28)30)34-27(17-3-5-19(31)6-4-17)24-15-38(37-36-24)21-7-8-21/h3-6,11-12,14-15,21,25,27,34,36-37H,7-10,16H2,1-2H3,(H,33,35)/t25-,27-/m1/s1/i27D. The van der Waals surface area contributed by atoms with Gasteiger partial charge in [0.05, 0.1) is 41.5 Å². The Morgan fingerprint density at radius 1 is 1.28 bits per heavy atom. The van der Waals surface area contributed by atoms with Crippen LogP contribution in [-0.2, 0) is 4.74 Å². The number of ether oxygens (including phenoxy) is 1. The van der Waals surface area contributed by atoms with Gasteiger partial charge in [0.15, 0.2) is 0 Å². The van der Waals surface area contributed by atoms with Crippen molar-refractivity contribution in [2.45, 2.75) is 51.2 Å². The van der Waals surface area contributed by atoms with Crippen LogP contribution in [0.3, 0.4) is 0 Å². The smallest absolute Gasteiger partial charge is 0.123 e. The fraction of sp³-hybridized carbons (Fsp3) is 0.379. The van der Waals surface area contributed by atoms with E-state index in [0.717, 1.165) is 19.3 Å². The Morgan fingerprint density at radius 3 is 2.79 bits per heavy atom. The molecule has 2 aromatic carbocycles. The van der Waals surface area contributed by atoms with Crippen LogP contribution in [0, 0.1) is 22.6 Å². The zero-order valence-corrected chi connectivity index (χ0v) is 22.6. The highest BCUT2D eigenvalue weighted by atomic mass is 35.5. The molecule has 3 heterocycles. The monoisotopic (exact) mass is 548 g/mol. The van der Waals surface area contributed by atoms with Crippen molar-refractivity contribution in [3.05, 3.63) is 76.5 Å². The Hall–Kier alpha value is -3.58. The van der Waals surface area contributed by atoms with Crippen LogP contribution in [0.1, 0.15) is 51.6 Å². The molecule has 0 spiro atoms. The second-order valence-corrected chi connectivity index (χ2v) is 11.4. The van der Waals surface area contributed by atoms with E-state index in [1.54, 1.807) is 18.2 Å². The molecule has 0 bridgehead atoms. The average molecular weight is 549 g/mol. The summed E-state index contributed by atoms with van der Waals surface area (Å²) in [5, 5.41) is 19.9. The second-order valence-electron chi connectivity index (χ2n) is 11.0. The van der Waals surface area contributed by atoms with E-state index in [-0.39, 0.29) is 17.3 Å². The van der Waals surface area contributed by atoms with Crippen molar-refractivity contribution >= 4 is 33.9 Å². The summed E-state index contributed by atoms with van der Waals surface area (Å²) in [6, 6.07) is 10.6. The third kappa shape index (κ3) is 5.20. The fourth-order valence-corrected chi connectivity index (χ4v) is 5.37. The summed E-state index contributed by atoms with van der Waals surface area (Å²) in [5.41, 5.74) is 9.34. The molecule has 202 valence electrons. The van der Waals surface area contributed by atoms with Gasteiger partial charge < -0.3 is 20.8 Å². The molecule has 0 unspecified atom stereocenters. The number of hydrogen-bond acceptors (Lipinski definition) is 8. The molecule has 3 aromatic rings. The number of hydrazine groups is 2. The maximum Gasteiger partial charge on any atom is 0.123 e. The van der Waals surface area contributed by atoms with E-state index in [2.05, 4.69) is 46.5 Å². The van der Waals surface area contributed by atoms with Gasteiger partial charge in [0, 0.05) is 47.6 Å². The van der Waals surface area contributed by atoms with Gasteiger partial charge in [0.1, 0.15) is 11.9 Å². The molecule has 2 fully saturated rings. The molecule has 3 aliphatic rings. The number of aromatic nitrogens is 1. The largest absolute Gasteiger partial charge is 0.381 e. The van der Waals surface area contributed by atoms with Crippen LogP contribution < -0.4 is 21.6 Å². The first-order valence-electron chi connectivity index (χ1n) is 13.6. The molecule has 1 saturated heterocycles. The highest BCUT2D eigenvalue weighted by Gasteiger charge is 2.34. The third-order valence-electron chi connectivity index (χ3n) is 7.53. The van der Waals surface area contributed by atoms with Crippen LogP contribution >= 0.6 is 11.6 Å². The maximum atomic E-state index is 13.8. The number of nitriles is 1. The molecule has 1 aliphatic carbocycles. The van der Waals surface area contributed by atoms with Gasteiger partial charge in [-0.05, 0) is 49.1 Å². The van der Waals surface area contributed by atoms with Gasteiger partial charge in [-0.1, -0.05) is 37.6 Å². The van der Waals surface area contributed by atoms with E-state index < -0.39 is 6.02 Å². The molecule has 2 atom stereocenters. The van der Waals surface area contributed by atoms with Gasteiger partial charge in [-0.2, -0.15) is 5.26 Å². The highest BCUT2D eigenvalue weighted by molar-refractivity contribution is 6.35. The van der Waals surface area contributed by atoms with Gasteiger partial charge in [-0.15, -0.1) is 5.53 Å². The van der Waals surface area contributed by atoms with Crippen molar-refractivity contribution in [1.29, 1.82) is 5.26 Å². The summed E-state index contributed by atoms with van der Waals surface area (Å²) in [5.74, 6) is -0.382. The van der Waals surface area contributed by atoms with Gasteiger partial charge >= 0.3 is 0 Å². The number of anilines is 2. The lowest BCUT2D eigenvalue weighted by molar-refractivity contribution is 0.00350. The summed E-state index contributed by atoms with van der Waals surface area (Å²) < 4.78 is 29.2. The normalized spacial score (nSPS) is 22.3. The van der Waals surface area contributed by atoms with Crippen molar-refractivity contribution in [2.75, 3.05) is 23.8 Å². The minimum atomic E-state index is -1.52. The molecular formula is C29H31ClFN7O. The molecule has 1 aromatic heterocycles. The average Bonchev–Trinajstić information content (AvgIpc) is 3.65. The lowest BCUT2D eigenvalue weighted by atomic mass is 9.81. The number of benzene rings is 2. The lowest BCUT2D eigenvalue weighted by Gasteiger charge is -2.39. The van der Waals surface area contributed by atoms with Crippen LogP contribution in [0.4, 0.5) is 15.8 Å². The first kappa shape index (κ1) is 24.5. The third-order valence-corrected chi connectivity index (χ3v) is 7.82. The van der Waals surface area contributed by atoms with Crippen LogP contribution in [0.2, 0.25) is 5.02 Å². The Morgan fingerprint density at radius 2 is 2.08 bits per heavy atom. The van der Waals surface area contributed by atoms with Gasteiger partial charge in [-0.3, -0.25) is 9.99 Å². The molecule has 0 radical (unpaired) electrons. The molecule has 2 aliphatic heterocycles. The quantitative estimate of drug-likeness (QED) is 0.303. The molecule has 6 rings (SSSR count). The van der Waals surface area contributed by atoms with Gasteiger partial charge in [-0.25, -0.2) is 4.39 Å². The summed E-state index contributed by atoms with van der Waals surface area (Å²) in [7, 11) is 0. The van der Waals surface area contributed by atoms with Crippen molar-refractivity contribution in [3.8, 4) is 6.07 Å². The summed E-state index contributed by atoms with van der Waals surface area (Å²) in [6.45, 7) is 5.51.